The summed E-state index contributed by atoms with van der Waals surface area (Å²) < 4.78 is 4.76. The van der Waals surface area contributed by atoms with Crippen molar-refractivity contribution in [2.24, 2.45) is 0 Å². The van der Waals surface area contributed by atoms with Gasteiger partial charge in [-0.3, -0.25) is 4.79 Å². The molecule has 2 aromatic rings. The molecule has 3 rings (SSSR count). The van der Waals surface area contributed by atoms with Gasteiger partial charge in [-0.05, 0) is 33.9 Å². The van der Waals surface area contributed by atoms with Crippen LogP contribution in [0.1, 0.15) is 17.5 Å². The van der Waals surface area contributed by atoms with Crippen molar-refractivity contribution >= 4 is 22.3 Å². The van der Waals surface area contributed by atoms with E-state index < -0.39 is 0 Å². The van der Waals surface area contributed by atoms with Crippen LogP contribution in [-0.2, 0) is 16.0 Å². The van der Waals surface area contributed by atoms with Crippen LogP contribution in [0.4, 0.5) is 0 Å². The zero-order chi connectivity index (χ0) is 12.5. The first kappa shape index (κ1) is 11.0. The number of rotatable bonds is 2. The molecule has 2 heteroatoms. The Morgan fingerprint density at radius 3 is 2.78 bits per heavy atom. The average molecular weight is 238 g/mol. The third-order valence-electron chi connectivity index (χ3n) is 3.47. The number of allylic oxidation sites excluding steroid dienone is 1. The summed E-state index contributed by atoms with van der Waals surface area (Å²) in [4.78, 5) is 11.4. The summed E-state index contributed by atoms with van der Waals surface area (Å²) in [6.45, 7) is 0. The number of methoxy groups -OCH3 is 1. The van der Waals surface area contributed by atoms with Crippen LogP contribution in [0.15, 0.2) is 42.5 Å². The summed E-state index contributed by atoms with van der Waals surface area (Å²) in [5.41, 5.74) is 3.57. The maximum absolute atomic E-state index is 11.4. The zero-order valence-electron chi connectivity index (χ0n) is 10.3. The van der Waals surface area contributed by atoms with E-state index in [4.69, 9.17) is 4.74 Å². The minimum atomic E-state index is -0.183. The van der Waals surface area contributed by atoms with Gasteiger partial charge in [0, 0.05) is 0 Å². The van der Waals surface area contributed by atoms with E-state index in [1.54, 1.807) is 0 Å². The Morgan fingerprint density at radius 2 is 2.00 bits per heavy atom. The molecule has 0 spiro atoms. The van der Waals surface area contributed by atoms with Crippen molar-refractivity contribution in [2.75, 3.05) is 7.11 Å². The second-order valence-electron chi connectivity index (χ2n) is 4.51. The van der Waals surface area contributed by atoms with Crippen molar-refractivity contribution in [3.63, 3.8) is 0 Å². The van der Waals surface area contributed by atoms with Crippen LogP contribution < -0.4 is 0 Å². The van der Waals surface area contributed by atoms with Gasteiger partial charge < -0.3 is 4.74 Å². The molecule has 0 radical (unpaired) electrons. The number of esters is 1. The Morgan fingerprint density at radius 1 is 1.22 bits per heavy atom. The summed E-state index contributed by atoms with van der Waals surface area (Å²) in [6.07, 6.45) is 3.37. The highest BCUT2D eigenvalue weighted by Crippen LogP contribution is 2.34. The average Bonchev–Trinajstić information content (AvgIpc) is 2.42. The molecular formula is C16H14O2. The molecule has 18 heavy (non-hydrogen) atoms. The van der Waals surface area contributed by atoms with E-state index >= 15 is 0 Å². The quantitative estimate of drug-likeness (QED) is 0.750. The lowest BCUT2D eigenvalue weighted by molar-refractivity contribution is -0.139. The van der Waals surface area contributed by atoms with Gasteiger partial charge in [0.1, 0.15) is 0 Å². The highest BCUT2D eigenvalue weighted by Gasteiger charge is 2.16. The van der Waals surface area contributed by atoms with Crippen LogP contribution in [-0.4, -0.2) is 13.1 Å². The highest BCUT2D eigenvalue weighted by atomic mass is 16.5. The predicted octanol–water partition coefficient (Wildman–Crippen LogP) is 3.34. The molecule has 0 saturated carbocycles. The molecular weight excluding hydrogens is 224 g/mol. The van der Waals surface area contributed by atoms with Gasteiger partial charge in [-0.25, -0.2) is 0 Å². The summed E-state index contributed by atoms with van der Waals surface area (Å²) in [5, 5.41) is 2.52. The van der Waals surface area contributed by atoms with E-state index in [-0.39, 0.29) is 5.97 Å². The van der Waals surface area contributed by atoms with Crippen LogP contribution in [0.2, 0.25) is 0 Å². The smallest absolute Gasteiger partial charge is 0.309 e. The molecule has 0 heterocycles. The molecule has 2 aromatic carbocycles. The second-order valence-corrected chi connectivity index (χ2v) is 4.51. The second kappa shape index (κ2) is 4.30. The molecule has 0 aromatic heterocycles. The molecule has 0 fully saturated rings. The number of hydrogen-bond acceptors (Lipinski definition) is 2. The van der Waals surface area contributed by atoms with Crippen LogP contribution in [0.5, 0.6) is 0 Å². The number of ether oxygens (including phenoxy) is 1. The van der Waals surface area contributed by atoms with Gasteiger partial charge in [-0.2, -0.15) is 0 Å². The van der Waals surface area contributed by atoms with Gasteiger partial charge >= 0.3 is 5.97 Å². The first-order valence-corrected chi connectivity index (χ1v) is 6.06. The number of benzene rings is 2. The topological polar surface area (TPSA) is 26.3 Å². The molecule has 0 amide bonds. The van der Waals surface area contributed by atoms with E-state index in [2.05, 4.69) is 36.4 Å². The molecule has 0 bridgehead atoms. The lowest BCUT2D eigenvalue weighted by atomic mass is 9.87. The fourth-order valence-corrected chi connectivity index (χ4v) is 2.59. The molecule has 90 valence electrons. The molecule has 0 aliphatic heterocycles. The summed E-state index contributed by atoms with van der Waals surface area (Å²) in [7, 11) is 1.43. The molecule has 1 aliphatic carbocycles. The summed E-state index contributed by atoms with van der Waals surface area (Å²) in [5.74, 6) is -0.183. The van der Waals surface area contributed by atoms with Crippen LogP contribution in [0.3, 0.4) is 0 Å². The van der Waals surface area contributed by atoms with Gasteiger partial charge in [-0.1, -0.05) is 42.5 Å². The maximum atomic E-state index is 11.4. The Bertz CT molecular complexity index is 648. The Labute approximate surface area is 106 Å². The molecule has 0 atom stereocenters. The largest absolute Gasteiger partial charge is 0.469 e. The van der Waals surface area contributed by atoms with Gasteiger partial charge in [-0.15, -0.1) is 0 Å². The fourth-order valence-electron chi connectivity index (χ4n) is 2.59. The SMILES string of the molecule is COC(=O)CC1=CCc2cccc3cccc1c23. The van der Waals surface area contributed by atoms with Crippen molar-refractivity contribution in [2.45, 2.75) is 12.8 Å². The molecule has 1 aliphatic rings. The number of carbonyl (C=O) groups is 1. The Balaban J connectivity index is 2.14. The van der Waals surface area contributed by atoms with Crippen molar-refractivity contribution in [1.29, 1.82) is 0 Å². The maximum Gasteiger partial charge on any atom is 0.309 e. The predicted molar refractivity (Wildman–Crippen MR) is 72.3 cm³/mol. The Kier molecular flexibility index (Phi) is 2.63. The van der Waals surface area contributed by atoms with Crippen molar-refractivity contribution < 1.29 is 9.53 Å². The van der Waals surface area contributed by atoms with Crippen molar-refractivity contribution in [1.82, 2.24) is 0 Å². The molecule has 2 nitrogen and oxygen atoms in total. The number of hydrogen-bond donors (Lipinski definition) is 0. The van der Waals surface area contributed by atoms with E-state index in [0.717, 1.165) is 12.0 Å². The van der Waals surface area contributed by atoms with Gasteiger partial charge in [0.2, 0.25) is 0 Å². The molecule has 0 unspecified atom stereocenters. The van der Waals surface area contributed by atoms with Crippen LogP contribution >= 0.6 is 0 Å². The first-order valence-electron chi connectivity index (χ1n) is 6.06. The third kappa shape index (κ3) is 1.70. The van der Waals surface area contributed by atoms with Crippen molar-refractivity contribution in [3.8, 4) is 0 Å². The normalized spacial score (nSPS) is 13.3. The minimum Gasteiger partial charge on any atom is -0.469 e. The van der Waals surface area contributed by atoms with Crippen molar-refractivity contribution in [3.05, 3.63) is 53.6 Å². The lowest BCUT2D eigenvalue weighted by Gasteiger charge is -2.18. The van der Waals surface area contributed by atoms with E-state index in [0.29, 0.717) is 6.42 Å². The molecule has 0 saturated heterocycles. The zero-order valence-corrected chi connectivity index (χ0v) is 10.3. The van der Waals surface area contributed by atoms with Gasteiger partial charge in [0.15, 0.2) is 0 Å². The lowest BCUT2D eigenvalue weighted by Crippen LogP contribution is -2.05. The van der Waals surface area contributed by atoms with E-state index in [1.165, 1.54) is 29.0 Å². The fraction of sp³-hybridized carbons (Fsp3) is 0.188. The highest BCUT2D eigenvalue weighted by molar-refractivity contribution is 6.01. The van der Waals surface area contributed by atoms with Gasteiger partial charge in [0.25, 0.3) is 0 Å². The first-order chi connectivity index (χ1) is 8.79. The van der Waals surface area contributed by atoms with E-state index in [1.807, 2.05) is 6.07 Å². The van der Waals surface area contributed by atoms with E-state index in [9.17, 15) is 4.79 Å². The summed E-state index contributed by atoms with van der Waals surface area (Å²) >= 11 is 0. The Hall–Kier alpha value is -2.09. The minimum absolute atomic E-state index is 0.183. The standard InChI is InChI=1S/C16H14O2/c1-18-15(17)10-13-9-8-12-5-2-4-11-6-3-7-14(13)16(11)12/h2-7,9H,8,10H2,1H3. The monoisotopic (exact) mass is 238 g/mol. The third-order valence-corrected chi connectivity index (χ3v) is 3.47. The van der Waals surface area contributed by atoms with Crippen LogP contribution in [0, 0.1) is 0 Å². The molecule has 0 N–H and O–H groups in total. The summed E-state index contributed by atoms with van der Waals surface area (Å²) in [6, 6.07) is 12.6. The van der Waals surface area contributed by atoms with Gasteiger partial charge in [0.05, 0.1) is 13.5 Å². The van der Waals surface area contributed by atoms with Crippen LogP contribution in [0.25, 0.3) is 16.3 Å². The number of carbonyl (C=O) groups excluding carboxylic acids is 1.